The topological polar surface area (TPSA) is 144 Å². The summed E-state index contributed by atoms with van der Waals surface area (Å²) in [7, 11) is 0. The Morgan fingerprint density at radius 1 is 1.19 bits per heavy atom. The van der Waals surface area contributed by atoms with Crippen LogP contribution in [-0.4, -0.2) is 55.0 Å². The number of anilines is 1. The van der Waals surface area contributed by atoms with Gasteiger partial charge in [-0.2, -0.15) is 4.98 Å². The number of nitrogens with two attached hydrogens (primary N) is 1. The Balaban J connectivity index is 1.28. The first-order valence-corrected chi connectivity index (χ1v) is 11.9. The molecule has 1 unspecified atom stereocenters. The van der Waals surface area contributed by atoms with Crippen molar-refractivity contribution < 1.29 is 23.7 Å². The molecule has 2 aromatic carbocycles. The minimum absolute atomic E-state index is 0.0403. The molecule has 11 nitrogen and oxygen atoms in total. The van der Waals surface area contributed by atoms with Crippen molar-refractivity contribution in [2.75, 3.05) is 12.3 Å². The number of nitrogens with zero attached hydrogens (tertiary/aromatic N) is 3. The van der Waals surface area contributed by atoms with Crippen LogP contribution in [0.25, 0.3) is 11.2 Å². The number of H-pyrrole nitrogens is 1. The first kappa shape index (κ1) is 22.2. The summed E-state index contributed by atoms with van der Waals surface area (Å²) in [5.41, 5.74) is 3.87. The van der Waals surface area contributed by atoms with Gasteiger partial charge in [0.15, 0.2) is 34.7 Å². The molecular formula is C26H23N5O6. The second kappa shape index (κ2) is 7.48. The minimum atomic E-state index is -1.10. The summed E-state index contributed by atoms with van der Waals surface area (Å²) in [5.74, 6) is -0.512. The number of fused-ring (bicyclic) bond motifs is 1. The minimum Gasteiger partial charge on any atom is -0.452 e. The lowest BCUT2D eigenvalue weighted by atomic mass is 9.94. The zero-order chi connectivity index (χ0) is 25.4. The highest BCUT2D eigenvalue weighted by Gasteiger charge is 2.99. The third-order valence-corrected chi connectivity index (χ3v) is 7.70. The standard InChI is InChI=1S/C26H23N5O6/c1-24-22(31-14-28-17-18(31)29-23(27)30-19(17)32)37-25(13-35-24)21(36-20(33)16-10-6-3-7-11-16)26(24,25)34-12-15-8-4-2-5-9-15/h2-11,14,21-22H,12-13H2,1H3,(H3,27,29,30,32)/t21?,22-,24+,25-,26+/m1/s1. The number of nitrogens with one attached hydrogen (secondary N) is 1. The van der Waals surface area contributed by atoms with Crippen LogP contribution in [0.3, 0.4) is 0 Å². The fourth-order valence-corrected chi connectivity index (χ4v) is 5.90. The summed E-state index contributed by atoms with van der Waals surface area (Å²) in [6, 6.07) is 18.5. The molecule has 1 saturated carbocycles. The average Bonchev–Trinajstić information content (AvgIpc) is 3.17. The molecule has 0 amide bonds. The second-order valence-electron chi connectivity index (χ2n) is 9.69. The van der Waals surface area contributed by atoms with E-state index in [1.165, 1.54) is 6.33 Å². The van der Waals surface area contributed by atoms with E-state index in [0.29, 0.717) is 5.56 Å². The summed E-state index contributed by atoms with van der Waals surface area (Å²) >= 11 is 0. The number of carbonyl (C=O) groups excluding carboxylic acids is 1. The van der Waals surface area contributed by atoms with Crippen molar-refractivity contribution in [1.29, 1.82) is 0 Å². The smallest absolute Gasteiger partial charge is 0.338 e. The van der Waals surface area contributed by atoms with Gasteiger partial charge in [0.05, 0.1) is 25.1 Å². The largest absolute Gasteiger partial charge is 0.452 e. The van der Waals surface area contributed by atoms with E-state index in [9.17, 15) is 9.59 Å². The third-order valence-electron chi connectivity index (χ3n) is 7.70. The molecule has 3 aliphatic rings. The lowest BCUT2D eigenvalue weighted by Gasteiger charge is -2.40. The molecule has 4 heterocycles. The van der Waals surface area contributed by atoms with Crippen LogP contribution < -0.4 is 11.3 Å². The second-order valence-corrected chi connectivity index (χ2v) is 9.69. The molecule has 3 fully saturated rings. The predicted octanol–water partition coefficient (Wildman–Crippen LogP) is 1.95. The molecule has 3 N–H and O–H groups in total. The van der Waals surface area contributed by atoms with Crippen molar-refractivity contribution in [2.45, 2.75) is 42.7 Å². The Labute approximate surface area is 210 Å². The predicted molar refractivity (Wildman–Crippen MR) is 129 cm³/mol. The zero-order valence-corrected chi connectivity index (χ0v) is 19.8. The van der Waals surface area contributed by atoms with E-state index in [1.54, 1.807) is 28.8 Å². The van der Waals surface area contributed by atoms with Gasteiger partial charge in [0.1, 0.15) is 5.60 Å². The molecule has 2 saturated heterocycles. The van der Waals surface area contributed by atoms with Crippen molar-refractivity contribution in [1.82, 2.24) is 19.5 Å². The van der Waals surface area contributed by atoms with Crippen LogP contribution in [0.1, 0.15) is 29.1 Å². The number of imidazole rings is 1. The van der Waals surface area contributed by atoms with Crippen molar-refractivity contribution >= 4 is 23.1 Å². The van der Waals surface area contributed by atoms with E-state index in [2.05, 4.69) is 15.0 Å². The van der Waals surface area contributed by atoms with Gasteiger partial charge in [0.25, 0.3) is 5.56 Å². The molecule has 7 rings (SSSR count). The van der Waals surface area contributed by atoms with E-state index in [0.717, 1.165) is 5.56 Å². The number of aromatic nitrogens is 4. The summed E-state index contributed by atoms with van der Waals surface area (Å²) in [6.45, 7) is 2.28. The monoisotopic (exact) mass is 501 g/mol. The van der Waals surface area contributed by atoms with Gasteiger partial charge in [0.2, 0.25) is 5.95 Å². The van der Waals surface area contributed by atoms with Crippen LogP contribution in [0.4, 0.5) is 5.95 Å². The number of rotatable bonds is 6. The fourth-order valence-electron chi connectivity index (χ4n) is 5.90. The maximum absolute atomic E-state index is 13.0. The molecule has 188 valence electrons. The molecule has 2 aromatic heterocycles. The third kappa shape index (κ3) is 2.81. The van der Waals surface area contributed by atoms with Gasteiger partial charge in [-0.25, -0.2) is 9.78 Å². The number of hydrogen-bond acceptors (Lipinski definition) is 9. The molecule has 1 aliphatic carbocycles. The number of carbonyl (C=O) groups is 1. The van der Waals surface area contributed by atoms with E-state index in [1.807, 2.05) is 43.3 Å². The lowest BCUT2D eigenvalue weighted by molar-refractivity contribution is -0.243. The lowest BCUT2D eigenvalue weighted by Crippen LogP contribution is -2.52. The SMILES string of the molecule is C[C@]12OC[C@@]3(O[C@H]1n1cnc4c(=O)[nH]c(N)nc41)C(OC(=O)c1ccccc1)[C@]23OCc1ccccc1. The molecule has 0 spiro atoms. The normalized spacial score (nSPS) is 31.4. The summed E-state index contributed by atoms with van der Waals surface area (Å²) in [4.78, 5) is 36.3. The molecule has 11 heteroatoms. The number of nitrogen functional groups attached to an aromatic ring is 1. The van der Waals surface area contributed by atoms with Crippen LogP contribution in [0.15, 0.2) is 71.8 Å². The quantitative estimate of drug-likeness (QED) is 0.379. The number of esters is 1. The van der Waals surface area contributed by atoms with E-state index in [4.69, 9.17) is 24.7 Å². The van der Waals surface area contributed by atoms with Gasteiger partial charge >= 0.3 is 5.97 Å². The van der Waals surface area contributed by atoms with Crippen molar-refractivity contribution in [2.24, 2.45) is 0 Å². The van der Waals surface area contributed by atoms with Gasteiger partial charge in [-0.15, -0.1) is 0 Å². The molecule has 37 heavy (non-hydrogen) atoms. The fraction of sp³-hybridized carbons (Fsp3) is 0.308. The zero-order valence-electron chi connectivity index (χ0n) is 19.8. The van der Waals surface area contributed by atoms with Crippen LogP contribution in [0, 0.1) is 0 Å². The molecule has 2 aliphatic heterocycles. The number of aromatic amines is 1. The van der Waals surface area contributed by atoms with Crippen molar-refractivity contribution in [3.05, 3.63) is 88.5 Å². The Morgan fingerprint density at radius 3 is 2.68 bits per heavy atom. The first-order valence-electron chi connectivity index (χ1n) is 11.9. The first-order chi connectivity index (χ1) is 17.9. The average molecular weight is 501 g/mol. The Kier molecular flexibility index (Phi) is 4.48. The Morgan fingerprint density at radius 2 is 1.92 bits per heavy atom. The van der Waals surface area contributed by atoms with Crippen molar-refractivity contribution in [3.8, 4) is 0 Å². The van der Waals surface area contributed by atoms with Gasteiger partial charge < -0.3 is 24.7 Å². The van der Waals surface area contributed by atoms with Gasteiger partial charge in [-0.1, -0.05) is 48.5 Å². The van der Waals surface area contributed by atoms with Gasteiger partial charge in [-0.3, -0.25) is 14.3 Å². The van der Waals surface area contributed by atoms with Crippen LogP contribution in [0.5, 0.6) is 0 Å². The number of ether oxygens (including phenoxy) is 4. The van der Waals surface area contributed by atoms with Gasteiger partial charge in [-0.05, 0) is 24.6 Å². The Hall–Kier alpha value is -4.06. The summed E-state index contributed by atoms with van der Waals surface area (Å²) < 4.78 is 27.1. The highest BCUT2D eigenvalue weighted by atomic mass is 16.7. The maximum atomic E-state index is 13.0. The number of hydrogen-bond donors (Lipinski definition) is 2. The van der Waals surface area contributed by atoms with E-state index in [-0.39, 0.29) is 30.3 Å². The molecule has 2 bridgehead atoms. The van der Waals surface area contributed by atoms with Crippen LogP contribution in [0.2, 0.25) is 0 Å². The van der Waals surface area contributed by atoms with Crippen molar-refractivity contribution in [3.63, 3.8) is 0 Å². The molecule has 5 atom stereocenters. The van der Waals surface area contributed by atoms with Gasteiger partial charge in [0, 0.05) is 0 Å². The van der Waals surface area contributed by atoms with Crippen LogP contribution >= 0.6 is 0 Å². The molecule has 4 aromatic rings. The summed E-state index contributed by atoms with van der Waals surface area (Å²) in [6.07, 6.45) is 0.00296. The highest BCUT2D eigenvalue weighted by molar-refractivity contribution is 5.90. The van der Waals surface area contributed by atoms with E-state index >= 15 is 0 Å². The molecular weight excluding hydrogens is 478 g/mol. The Bertz CT molecular complexity index is 1590. The highest BCUT2D eigenvalue weighted by Crippen LogP contribution is 2.76. The number of benzene rings is 2. The van der Waals surface area contributed by atoms with Crippen LogP contribution in [-0.2, 0) is 25.6 Å². The molecule has 0 radical (unpaired) electrons. The summed E-state index contributed by atoms with van der Waals surface area (Å²) in [5, 5.41) is 0. The van der Waals surface area contributed by atoms with E-state index < -0.39 is 40.7 Å². The maximum Gasteiger partial charge on any atom is 0.338 e.